The van der Waals surface area contributed by atoms with Crippen LogP contribution in [-0.4, -0.2) is 10.9 Å². The van der Waals surface area contributed by atoms with E-state index in [2.05, 4.69) is 47.7 Å². The van der Waals surface area contributed by atoms with Crippen LogP contribution in [0.4, 0.5) is 11.4 Å². The molecule has 2 N–H and O–H groups in total. The summed E-state index contributed by atoms with van der Waals surface area (Å²) < 4.78 is 0. The molecule has 4 nitrogen and oxygen atoms in total. The van der Waals surface area contributed by atoms with Crippen molar-refractivity contribution in [2.75, 3.05) is 10.6 Å². The summed E-state index contributed by atoms with van der Waals surface area (Å²) in [6.07, 6.45) is 2.56. The minimum absolute atomic E-state index is 0.198. The van der Waals surface area contributed by atoms with Crippen molar-refractivity contribution >= 4 is 17.3 Å². The monoisotopic (exact) mass is 345 g/mol. The molecule has 0 radical (unpaired) electrons. The molecule has 0 saturated heterocycles. The molecular weight excluding hydrogens is 322 g/mol. The van der Waals surface area contributed by atoms with Crippen LogP contribution in [0.2, 0.25) is 0 Å². The highest BCUT2D eigenvalue weighted by atomic mass is 16.1. The first kappa shape index (κ1) is 17.7. The third-order valence-corrected chi connectivity index (χ3v) is 4.22. The molecule has 3 aromatic rings. The van der Waals surface area contributed by atoms with Crippen LogP contribution in [0.1, 0.15) is 34.1 Å². The van der Waals surface area contributed by atoms with E-state index in [4.69, 9.17) is 0 Å². The summed E-state index contributed by atoms with van der Waals surface area (Å²) in [6.45, 7) is 4.87. The molecule has 0 aliphatic heterocycles. The molecular formula is C22H23N3O. The van der Waals surface area contributed by atoms with Gasteiger partial charge in [-0.3, -0.25) is 4.79 Å². The van der Waals surface area contributed by atoms with E-state index in [-0.39, 0.29) is 5.91 Å². The number of carbonyl (C=O) groups excluding carboxylic acids is 1. The fourth-order valence-corrected chi connectivity index (χ4v) is 2.80. The van der Waals surface area contributed by atoms with E-state index in [1.165, 1.54) is 11.1 Å². The molecule has 0 atom stereocenters. The van der Waals surface area contributed by atoms with Crippen molar-refractivity contribution in [2.24, 2.45) is 0 Å². The van der Waals surface area contributed by atoms with Gasteiger partial charge in [-0.15, -0.1) is 0 Å². The van der Waals surface area contributed by atoms with Gasteiger partial charge in [-0.05, 0) is 42.7 Å². The summed E-state index contributed by atoms with van der Waals surface area (Å²) >= 11 is 0. The normalized spacial score (nSPS) is 10.4. The summed E-state index contributed by atoms with van der Waals surface area (Å²) in [7, 11) is 0. The molecule has 2 aromatic carbocycles. The molecule has 0 aliphatic rings. The number of aromatic nitrogens is 1. The second-order valence-corrected chi connectivity index (χ2v) is 6.24. The largest absolute Gasteiger partial charge is 0.380 e. The molecule has 0 fully saturated rings. The Bertz CT molecular complexity index is 888. The lowest BCUT2D eigenvalue weighted by Gasteiger charge is -2.10. The molecule has 0 spiro atoms. The van der Waals surface area contributed by atoms with Gasteiger partial charge in [0, 0.05) is 12.2 Å². The molecule has 0 aliphatic carbocycles. The number of hydrogen-bond acceptors (Lipinski definition) is 3. The van der Waals surface area contributed by atoms with Gasteiger partial charge in [0.2, 0.25) is 0 Å². The van der Waals surface area contributed by atoms with E-state index in [0.29, 0.717) is 5.69 Å². The molecule has 1 heterocycles. The Morgan fingerprint density at radius 2 is 1.88 bits per heavy atom. The number of rotatable bonds is 6. The van der Waals surface area contributed by atoms with E-state index in [1.54, 1.807) is 12.3 Å². The number of pyridine rings is 1. The topological polar surface area (TPSA) is 54.0 Å². The van der Waals surface area contributed by atoms with E-state index >= 15 is 0 Å². The van der Waals surface area contributed by atoms with Crippen molar-refractivity contribution in [3.05, 3.63) is 89.2 Å². The van der Waals surface area contributed by atoms with Crippen LogP contribution in [-0.2, 0) is 13.0 Å². The van der Waals surface area contributed by atoms with Crippen LogP contribution in [0, 0.1) is 6.92 Å². The Labute approximate surface area is 154 Å². The van der Waals surface area contributed by atoms with E-state index in [9.17, 15) is 4.79 Å². The van der Waals surface area contributed by atoms with Gasteiger partial charge in [-0.25, -0.2) is 4.98 Å². The molecule has 26 heavy (non-hydrogen) atoms. The number of nitrogens with zero attached hydrogens (tertiary/aromatic N) is 1. The van der Waals surface area contributed by atoms with E-state index in [0.717, 1.165) is 29.9 Å². The van der Waals surface area contributed by atoms with Gasteiger partial charge in [0.1, 0.15) is 5.69 Å². The predicted octanol–water partition coefficient (Wildman–Crippen LogP) is 4.82. The maximum absolute atomic E-state index is 12.4. The minimum atomic E-state index is -0.198. The van der Waals surface area contributed by atoms with E-state index in [1.807, 2.05) is 36.4 Å². The van der Waals surface area contributed by atoms with Crippen LogP contribution < -0.4 is 10.6 Å². The smallest absolute Gasteiger partial charge is 0.274 e. The standard InChI is InChI=1S/C22H23N3O/c1-3-18-9-4-5-10-20(18)25-22(26)21-12-11-19(15-24-21)23-14-17-8-6-7-16(2)13-17/h4-13,15,23H,3,14H2,1-2H3,(H,25,26). The van der Waals surface area contributed by atoms with Crippen molar-refractivity contribution in [1.29, 1.82) is 0 Å². The van der Waals surface area contributed by atoms with Crippen molar-refractivity contribution < 1.29 is 4.79 Å². The molecule has 1 aromatic heterocycles. The molecule has 0 bridgehead atoms. The predicted molar refractivity (Wildman–Crippen MR) is 107 cm³/mol. The third kappa shape index (κ3) is 4.48. The van der Waals surface area contributed by atoms with Gasteiger partial charge in [0.25, 0.3) is 5.91 Å². The summed E-state index contributed by atoms with van der Waals surface area (Å²) in [5, 5.41) is 6.27. The van der Waals surface area contributed by atoms with Gasteiger partial charge in [-0.2, -0.15) is 0 Å². The van der Waals surface area contributed by atoms with E-state index < -0.39 is 0 Å². The third-order valence-electron chi connectivity index (χ3n) is 4.22. The summed E-state index contributed by atoms with van der Waals surface area (Å²) in [5.74, 6) is -0.198. The van der Waals surface area contributed by atoms with Crippen LogP contribution in [0.25, 0.3) is 0 Å². The summed E-state index contributed by atoms with van der Waals surface area (Å²) in [6, 6.07) is 19.8. The van der Waals surface area contributed by atoms with Gasteiger partial charge >= 0.3 is 0 Å². The van der Waals surface area contributed by atoms with Crippen molar-refractivity contribution in [3.63, 3.8) is 0 Å². The van der Waals surface area contributed by atoms with Crippen molar-refractivity contribution in [3.8, 4) is 0 Å². The number of carbonyl (C=O) groups is 1. The molecule has 3 rings (SSSR count). The zero-order valence-corrected chi connectivity index (χ0v) is 15.1. The highest BCUT2D eigenvalue weighted by molar-refractivity contribution is 6.03. The number of nitrogens with one attached hydrogen (secondary N) is 2. The quantitative estimate of drug-likeness (QED) is 0.673. The second-order valence-electron chi connectivity index (χ2n) is 6.24. The van der Waals surface area contributed by atoms with Crippen LogP contribution in [0.5, 0.6) is 0 Å². The number of para-hydroxylation sites is 1. The first-order chi connectivity index (χ1) is 12.7. The lowest BCUT2D eigenvalue weighted by Crippen LogP contribution is -2.14. The molecule has 1 amide bonds. The first-order valence-corrected chi connectivity index (χ1v) is 8.80. The summed E-state index contributed by atoms with van der Waals surface area (Å²) in [4.78, 5) is 16.7. The Morgan fingerprint density at radius 3 is 2.62 bits per heavy atom. The second kappa shape index (κ2) is 8.30. The van der Waals surface area contributed by atoms with Gasteiger partial charge in [-0.1, -0.05) is 55.0 Å². The number of aryl methyl sites for hydroxylation is 2. The highest BCUT2D eigenvalue weighted by Gasteiger charge is 2.09. The Kier molecular flexibility index (Phi) is 5.64. The Balaban J connectivity index is 1.62. The Hall–Kier alpha value is -3.14. The lowest BCUT2D eigenvalue weighted by molar-refractivity contribution is 0.102. The van der Waals surface area contributed by atoms with Gasteiger partial charge in [0.15, 0.2) is 0 Å². The number of amides is 1. The van der Waals surface area contributed by atoms with Crippen LogP contribution >= 0.6 is 0 Å². The van der Waals surface area contributed by atoms with Crippen molar-refractivity contribution in [1.82, 2.24) is 4.98 Å². The Morgan fingerprint density at radius 1 is 1.04 bits per heavy atom. The zero-order valence-electron chi connectivity index (χ0n) is 15.1. The fourth-order valence-electron chi connectivity index (χ4n) is 2.80. The van der Waals surface area contributed by atoms with Gasteiger partial charge < -0.3 is 10.6 Å². The van der Waals surface area contributed by atoms with Crippen LogP contribution in [0.3, 0.4) is 0 Å². The SMILES string of the molecule is CCc1ccccc1NC(=O)c1ccc(NCc2cccc(C)c2)cn1. The molecule has 4 heteroatoms. The number of benzene rings is 2. The first-order valence-electron chi connectivity index (χ1n) is 8.80. The van der Waals surface area contributed by atoms with Crippen LogP contribution in [0.15, 0.2) is 66.9 Å². The molecule has 0 saturated carbocycles. The molecule has 0 unspecified atom stereocenters. The van der Waals surface area contributed by atoms with Crippen molar-refractivity contribution in [2.45, 2.75) is 26.8 Å². The minimum Gasteiger partial charge on any atom is -0.380 e. The molecule has 132 valence electrons. The fraction of sp³-hybridized carbons (Fsp3) is 0.182. The van der Waals surface area contributed by atoms with Gasteiger partial charge in [0.05, 0.1) is 11.9 Å². The highest BCUT2D eigenvalue weighted by Crippen LogP contribution is 2.17. The maximum Gasteiger partial charge on any atom is 0.274 e. The summed E-state index contributed by atoms with van der Waals surface area (Å²) in [5.41, 5.74) is 5.68. The maximum atomic E-state index is 12.4. The number of anilines is 2. The average Bonchev–Trinajstić information content (AvgIpc) is 2.67. The zero-order chi connectivity index (χ0) is 18.4. The lowest BCUT2D eigenvalue weighted by atomic mass is 10.1. The average molecular weight is 345 g/mol. The number of hydrogen-bond donors (Lipinski definition) is 2.